The SMILES string of the molecule is C=Cn1ncc(C(=O)O)c1C. The maximum Gasteiger partial charge on any atom is 0.339 e. The third-order valence-corrected chi connectivity index (χ3v) is 1.45. The molecule has 58 valence electrons. The second-order valence-electron chi connectivity index (χ2n) is 2.08. The van der Waals surface area contributed by atoms with Gasteiger partial charge in [-0.25, -0.2) is 9.48 Å². The lowest BCUT2D eigenvalue weighted by atomic mass is 10.3. The van der Waals surface area contributed by atoms with Gasteiger partial charge in [0, 0.05) is 6.20 Å². The van der Waals surface area contributed by atoms with E-state index in [9.17, 15) is 4.79 Å². The van der Waals surface area contributed by atoms with Gasteiger partial charge in [-0.05, 0) is 6.92 Å². The minimum atomic E-state index is -0.962. The van der Waals surface area contributed by atoms with Gasteiger partial charge in [-0.2, -0.15) is 5.10 Å². The number of hydrogen-bond acceptors (Lipinski definition) is 2. The van der Waals surface area contributed by atoms with Crippen LogP contribution >= 0.6 is 0 Å². The fraction of sp³-hybridized carbons (Fsp3) is 0.143. The summed E-state index contributed by atoms with van der Waals surface area (Å²) in [5.41, 5.74) is 0.803. The molecule has 1 rings (SSSR count). The molecule has 0 unspecified atom stereocenters. The van der Waals surface area contributed by atoms with Crippen molar-refractivity contribution >= 4 is 12.2 Å². The van der Waals surface area contributed by atoms with Crippen LogP contribution in [0.4, 0.5) is 0 Å². The van der Waals surface area contributed by atoms with Crippen LogP contribution in [0.2, 0.25) is 0 Å². The van der Waals surface area contributed by atoms with E-state index in [1.54, 1.807) is 6.92 Å². The summed E-state index contributed by atoms with van der Waals surface area (Å²) >= 11 is 0. The van der Waals surface area contributed by atoms with Gasteiger partial charge < -0.3 is 5.11 Å². The summed E-state index contributed by atoms with van der Waals surface area (Å²) in [6.45, 7) is 5.15. The molecule has 1 N–H and O–H groups in total. The van der Waals surface area contributed by atoms with Gasteiger partial charge in [-0.15, -0.1) is 0 Å². The summed E-state index contributed by atoms with van der Waals surface area (Å²) in [7, 11) is 0. The molecule has 0 fully saturated rings. The van der Waals surface area contributed by atoms with Crippen molar-refractivity contribution in [1.29, 1.82) is 0 Å². The predicted octanol–water partition coefficient (Wildman–Crippen LogP) is 0.990. The molecule has 0 amide bonds. The monoisotopic (exact) mass is 152 g/mol. The van der Waals surface area contributed by atoms with Gasteiger partial charge >= 0.3 is 5.97 Å². The molecule has 1 aromatic rings. The fourth-order valence-corrected chi connectivity index (χ4v) is 0.817. The van der Waals surface area contributed by atoms with Crippen molar-refractivity contribution < 1.29 is 9.90 Å². The summed E-state index contributed by atoms with van der Waals surface area (Å²) in [6.07, 6.45) is 2.76. The highest BCUT2D eigenvalue weighted by atomic mass is 16.4. The molecule has 4 nitrogen and oxygen atoms in total. The average molecular weight is 152 g/mol. The van der Waals surface area contributed by atoms with Crippen LogP contribution in [0.1, 0.15) is 16.1 Å². The van der Waals surface area contributed by atoms with Crippen LogP contribution in [-0.4, -0.2) is 20.9 Å². The molecule has 0 aliphatic carbocycles. The van der Waals surface area contributed by atoms with Crippen molar-refractivity contribution in [2.75, 3.05) is 0 Å². The third-order valence-electron chi connectivity index (χ3n) is 1.45. The molecule has 0 atom stereocenters. The van der Waals surface area contributed by atoms with Gasteiger partial charge in [0.2, 0.25) is 0 Å². The van der Waals surface area contributed by atoms with Crippen LogP contribution < -0.4 is 0 Å². The maximum absolute atomic E-state index is 10.5. The normalized spacial score (nSPS) is 9.55. The molecule has 0 aromatic carbocycles. The van der Waals surface area contributed by atoms with Crippen molar-refractivity contribution in [3.63, 3.8) is 0 Å². The molecule has 0 aliphatic rings. The first-order valence-corrected chi connectivity index (χ1v) is 3.06. The van der Waals surface area contributed by atoms with Crippen LogP contribution in [0, 0.1) is 6.92 Å². The molecular weight excluding hydrogens is 144 g/mol. The molecule has 11 heavy (non-hydrogen) atoms. The second-order valence-corrected chi connectivity index (χ2v) is 2.08. The first kappa shape index (κ1) is 7.53. The largest absolute Gasteiger partial charge is 0.478 e. The number of carboxylic acid groups (broad SMARTS) is 1. The van der Waals surface area contributed by atoms with Gasteiger partial charge in [0.25, 0.3) is 0 Å². The van der Waals surface area contributed by atoms with E-state index in [1.807, 2.05) is 0 Å². The number of carboxylic acids is 1. The highest BCUT2D eigenvalue weighted by Crippen LogP contribution is 2.06. The minimum Gasteiger partial charge on any atom is -0.478 e. The lowest BCUT2D eigenvalue weighted by Crippen LogP contribution is -1.98. The van der Waals surface area contributed by atoms with Crippen LogP contribution in [0.3, 0.4) is 0 Å². The van der Waals surface area contributed by atoms with Crippen molar-refractivity contribution in [2.24, 2.45) is 0 Å². The van der Waals surface area contributed by atoms with E-state index in [1.165, 1.54) is 17.1 Å². The van der Waals surface area contributed by atoms with Gasteiger partial charge in [0.05, 0.1) is 11.9 Å². The van der Waals surface area contributed by atoms with E-state index < -0.39 is 5.97 Å². The van der Waals surface area contributed by atoms with E-state index in [4.69, 9.17) is 5.11 Å². The number of nitrogens with zero attached hydrogens (tertiary/aromatic N) is 2. The lowest BCUT2D eigenvalue weighted by molar-refractivity contribution is 0.0696. The zero-order valence-corrected chi connectivity index (χ0v) is 6.11. The van der Waals surface area contributed by atoms with Crippen LogP contribution in [0.15, 0.2) is 12.8 Å². The minimum absolute atomic E-state index is 0.213. The first-order chi connectivity index (χ1) is 5.16. The van der Waals surface area contributed by atoms with E-state index in [-0.39, 0.29) is 5.56 Å². The van der Waals surface area contributed by atoms with Crippen molar-refractivity contribution in [3.05, 3.63) is 24.0 Å². The van der Waals surface area contributed by atoms with Crippen LogP contribution in [-0.2, 0) is 0 Å². The molecule has 4 heteroatoms. The van der Waals surface area contributed by atoms with Gasteiger partial charge in [-0.1, -0.05) is 6.58 Å². The van der Waals surface area contributed by atoms with Gasteiger partial charge in [-0.3, -0.25) is 0 Å². The Labute approximate surface area is 63.8 Å². The zero-order valence-electron chi connectivity index (χ0n) is 6.11. The van der Waals surface area contributed by atoms with E-state index in [0.717, 1.165) is 0 Å². The summed E-state index contributed by atoms with van der Waals surface area (Å²) in [4.78, 5) is 10.5. The standard InChI is InChI=1S/C7H8N2O2/c1-3-9-5(2)6(4-8-9)7(10)11/h3-4H,1H2,2H3,(H,10,11). The Bertz CT molecular complexity index is 301. The van der Waals surface area contributed by atoms with Crippen LogP contribution in [0.5, 0.6) is 0 Å². The van der Waals surface area contributed by atoms with Gasteiger partial charge in [0.15, 0.2) is 0 Å². The topological polar surface area (TPSA) is 55.1 Å². The Morgan fingerprint density at radius 2 is 2.55 bits per heavy atom. The number of aromatic carboxylic acids is 1. The predicted molar refractivity (Wildman–Crippen MR) is 40.3 cm³/mol. The number of rotatable bonds is 2. The van der Waals surface area contributed by atoms with E-state index in [2.05, 4.69) is 11.7 Å². The molecule has 0 saturated carbocycles. The quantitative estimate of drug-likeness (QED) is 0.687. The molecular formula is C7H8N2O2. The first-order valence-electron chi connectivity index (χ1n) is 3.06. The second kappa shape index (κ2) is 2.57. The fourth-order valence-electron chi connectivity index (χ4n) is 0.817. The maximum atomic E-state index is 10.5. The smallest absolute Gasteiger partial charge is 0.339 e. The highest BCUT2D eigenvalue weighted by Gasteiger charge is 2.10. The summed E-state index contributed by atoms with van der Waals surface area (Å²) < 4.78 is 1.42. The summed E-state index contributed by atoms with van der Waals surface area (Å²) in [5.74, 6) is -0.962. The number of aromatic nitrogens is 2. The Morgan fingerprint density at radius 1 is 1.91 bits per heavy atom. The Morgan fingerprint density at radius 3 is 2.82 bits per heavy atom. The molecule has 1 heterocycles. The Hall–Kier alpha value is -1.58. The van der Waals surface area contributed by atoms with Gasteiger partial charge in [0.1, 0.15) is 5.56 Å². The molecule has 0 aliphatic heterocycles. The molecule has 0 spiro atoms. The summed E-state index contributed by atoms with van der Waals surface area (Å²) in [5, 5.41) is 12.4. The molecule has 0 radical (unpaired) electrons. The Kier molecular flexibility index (Phi) is 1.76. The third kappa shape index (κ3) is 1.14. The van der Waals surface area contributed by atoms with E-state index >= 15 is 0 Å². The highest BCUT2D eigenvalue weighted by molar-refractivity contribution is 5.88. The summed E-state index contributed by atoms with van der Waals surface area (Å²) in [6, 6.07) is 0. The number of hydrogen-bond donors (Lipinski definition) is 1. The molecule has 0 saturated heterocycles. The lowest BCUT2D eigenvalue weighted by Gasteiger charge is -1.93. The van der Waals surface area contributed by atoms with Crippen molar-refractivity contribution in [2.45, 2.75) is 6.92 Å². The zero-order chi connectivity index (χ0) is 8.43. The molecule has 0 bridgehead atoms. The van der Waals surface area contributed by atoms with Crippen molar-refractivity contribution in [1.82, 2.24) is 9.78 Å². The molecule has 1 aromatic heterocycles. The Balaban J connectivity index is 3.20. The van der Waals surface area contributed by atoms with Crippen LogP contribution in [0.25, 0.3) is 6.20 Å². The van der Waals surface area contributed by atoms with E-state index in [0.29, 0.717) is 5.69 Å². The average Bonchev–Trinajstić information content (AvgIpc) is 2.30. The van der Waals surface area contributed by atoms with Crippen molar-refractivity contribution in [3.8, 4) is 0 Å². The number of carbonyl (C=O) groups is 1.